The zero-order valence-corrected chi connectivity index (χ0v) is 40.3. The monoisotopic (exact) mass is 931 g/mol. The summed E-state index contributed by atoms with van der Waals surface area (Å²) < 4.78 is 6.55. The van der Waals surface area contributed by atoms with E-state index in [1.54, 1.807) is 0 Å². The molecule has 0 fully saturated rings. The lowest BCUT2D eigenvalue weighted by Crippen LogP contribution is -2.31. The summed E-state index contributed by atoms with van der Waals surface area (Å²) in [5, 5.41) is 2.35. The highest BCUT2D eigenvalue weighted by Gasteiger charge is 2.47. The summed E-state index contributed by atoms with van der Waals surface area (Å²) in [5.41, 5.74) is 22.6. The maximum atomic E-state index is 6.55. The molecule has 2 nitrogen and oxygen atoms in total. The first-order chi connectivity index (χ1) is 36.2. The Labute approximate surface area is 427 Å². The number of fused-ring (bicyclic) bond motifs is 5. The van der Waals surface area contributed by atoms with Gasteiger partial charge in [0.15, 0.2) is 0 Å². The Kier molecular flexibility index (Phi) is 10.3. The molecule has 0 N–H and O–H groups in total. The molecule has 1 heterocycles. The van der Waals surface area contributed by atoms with Crippen molar-refractivity contribution in [2.24, 2.45) is 0 Å². The van der Waals surface area contributed by atoms with Gasteiger partial charge in [-0.05, 0) is 156 Å². The molecule has 0 saturated heterocycles. The van der Waals surface area contributed by atoms with E-state index in [4.69, 9.17) is 4.74 Å². The molecule has 0 saturated carbocycles. The Morgan fingerprint density at radius 3 is 1.66 bits per heavy atom. The van der Waals surface area contributed by atoms with E-state index < -0.39 is 5.41 Å². The maximum Gasteiger partial charge on any atom is 0.135 e. The number of ether oxygens (including phenoxy) is 1. The van der Waals surface area contributed by atoms with Gasteiger partial charge < -0.3 is 9.64 Å². The van der Waals surface area contributed by atoms with E-state index in [0.717, 1.165) is 57.8 Å². The second kappa shape index (κ2) is 17.6. The normalized spacial score (nSPS) is 13.8. The number of benzene rings is 11. The lowest BCUT2D eigenvalue weighted by molar-refractivity contribution is 0.487. The van der Waals surface area contributed by atoms with Crippen LogP contribution in [-0.4, -0.2) is 0 Å². The summed E-state index contributed by atoms with van der Waals surface area (Å²) in [7, 11) is 0. The van der Waals surface area contributed by atoms with Crippen LogP contribution in [0.5, 0.6) is 11.5 Å². The van der Waals surface area contributed by atoms with Crippen molar-refractivity contribution in [2.45, 2.75) is 18.3 Å². The van der Waals surface area contributed by atoms with Gasteiger partial charge in [-0.2, -0.15) is 0 Å². The SMILES string of the molecule is C1=C(N(c2ccc(-c3ccc(-c4ccccc4)c(-c4ccccc4)c3)cc2)c2cccc(-c3ccc4c(c3)-c3cccc5cccc(c35)O4)c2)CCC=C1C1(c2ccccc2)c2ccccc2-c2ccccc21. The van der Waals surface area contributed by atoms with Gasteiger partial charge in [-0.3, -0.25) is 0 Å². The van der Waals surface area contributed by atoms with Gasteiger partial charge in [-0.25, -0.2) is 0 Å². The first-order valence-corrected chi connectivity index (χ1v) is 25.5. The summed E-state index contributed by atoms with van der Waals surface area (Å²) in [6.45, 7) is 0. The fourth-order valence-electron chi connectivity index (χ4n) is 12.1. The molecule has 11 aromatic rings. The molecular formula is C71H49NO. The second-order valence-electron chi connectivity index (χ2n) is 19.4. The first kappa shape index (κ1) is 42.6. The molecule has 0 atom stereocenters. The molecule has 2 heteroatoms. The lowest BCUT2D eigenvalue weighted by Gasteiger charge is -2.38. The van der Waals surface area contributed by atoms with Gasteiger partial charge in [-0.1, -0.05) is 218 Å². The van der Waals surface area contributed by atoms with Gasteiger partial charge in [0.05, 0.1) is 5.41 Å². The fraction of sp³-hybridized carbons (Fsp3) is 0.0423. The lowest BCUT2D eigenvalue weighted by atomic mass is 9.66. The number of rotatable bonds is 9. The topological polar surface area (TPSA) is 12.5 Å². The van der Waals surface area contributed by atoms with Crippen molar-refractivity contribution < 1.29 is 4.74 Å². The van der Waals surface area contributed by atoms with E-state index in [9.17, 15) is 0 Å². The second-order valence-corrected chi connectivity index (χ2v) is 19.4. The van der Waals surface area contributed by atoms with Crippen molar-refractivity contribution in [2.75, 3.05) is 4.90 Å². The van der Waals surface area contributed by atoms with E-state index in [1.807, 2.05) is 0 Å². The average Bonchev–Trinajstić information content (AvgIpc) is 3.77. The highest BCUT2D eigenvalue weighted by molar-refractivity contribution is 6.04. The molecule has 0 bridgehead atoms. The summed E-state index contributed by atoms with van der Waals surface area (Å²) in [6.07, 6.45) is 6.80. The molecule has 1 aliphatic heterocycles. The summed E-state index contributed by atoms with van der Waals surface area (Å²) in [4.78, 5) is 2.51. The third kappa shape index (κ3) is 7.09. The Balaban J connectivity index is 0.917. The minimum absolute atomic E-state index is 0.494. The fourth-order valence-corrected chi connectivity index (χ4v) is 12.1. The highest BCUT2D eigenvalue weighted by Crippen LogP contribution is 2.58. The molecule has 344 valence electrons. The van der Waals surface area contributed by atoms with E-state index in [2.05, 4.69) is 278 Å². The molecule has 3 aliphatic rings. The largest absolute Gasteiger partial charge is 0.456 e. The molecule has 73 heavy (non-hydrogen) atoms. The van der Waals surface area contributed by atoms with Crippen LogP contribution >= 0.6 is 0 Å². The van der Waals surface area contributed by atoms with Gasteiger partial charge in [0.25, 0.3) is 0 Å². The number of anilines is 2. The van der Waals surface area contributed by atoms with Gasteiger partial charge in [0, 0.05) is 28.0 Å². The van der Waals surface area contributed by atoms with E-state index in [1.165, 1.54) is 83.4 Å². The number of nitrogens with zero attached hydrogens (tertiary/aromatic N) is 1. The molecule has 14 rings (SSSR count). The smallest absolute Gasteiger partial charge is 0.135 e. The van der Waals surface area contributed by atoms with Crippen LogP contribution in [0.15, 0.2) is 284 Å². The summed E-state index contributed by atoms with van der Waals surface area (Å²) in [6, 6.07) is 95.5. The Morgan fingerprint density at radius 2 is 0.918 bits per heavy atom. The minimum Gasteiger partial charge on any atom is -0.456 e. The average molecular weight is 932 g/mol. The molecule has 0 aromatic heterocycles. The van der Waals surface area contributed by atoms with Gasteiger partial charge in [0.2, 0.25) is 0 Å². The van der Waals surface area contributed by atoms with Crippen molar-refractivity contribution in [1.82, 2.24) is 0 Å². The van der Waals surface area contributed by atoms with Crippen LogP contribution in [0.3, 0.4) is 0 Å². The predicted octanol–water partition coefficient (Wildman–Crippen LogP) is 19.0. The molecule has 11 aromatic carbocycles. The van der Waals surface area contributed by atoms with Gasteiger partial charge >= 0.3 is 0 Å². The van der Waals surface area contributed by atoms with Gasteiger partial charge in [-0.15, -0.1) is 0 Å². The molecule has 0 unspecified atom stereocenters. The van der Waals surface area contributed by atoms with Crippen LogP contribution in [0.4, 0.5) is 11.4 Å². The third-order valence-corrected chi connectivity index (χ3v) is 15.4. The Hall–Kier alpha value is -9.24. The van der Waals surface area contributed by atoms with Crippen LogP contribution in [0.1, 0.15) is 29.5 Å². The summed E-state index contributed by atoms with van der Waals surface area (Å²) >= 11 is 0. The van der Waals surface area contributed by atoms with Crippen LogP contribution in [0.2, 0.25) is 0 Å². The minimum atomic E-state index is -0.494. The molecule has 2 aliphatic carbocycles. The van der Waals surface area contributed by atoms with Crippen LogP contribution in [-0.2, 0) is 5.41 Å². The van der Waals surface area contributed by atoms with Crippen LogP contribution in [0, 0.1) is 0 Å². The van der Waals surface area contributed by atoms with E-state index >= 15 is 0 Å². The molecule has 0 amide bonds. The molecule has 0 radical (unpaired) electrons. The predicted molar refractivity (Wildman–Crippen MR) is 303 cm³/mol. The quantitative estimate of drug-likeness (QED) is 0.143. The Bertz CT molecular complexity index is 3930. The third-order valence-electron chi connectivity index (χ3n) is 15.4. The van der Waals surface area contributed by atoms with Crippen molar-refractivity contribution in [1.29, 1.82) is 0 Å². The maximum absolute atomic E-state index is 6.55. The zero-order chi connectivity index (χ0) is 48.3. The van der Waals surface area contributed by atoms with Crippen molar-refractivity contribution in [3.8, 4) is 78.3 Å². The van der Waals surface area contributed by atoms with Crippen LogP contribution in [0.25, 0.3) is 77.5 Å². The zero-order valence-electron chi connectivity index (χ0n) is 40.3. The first-order valence-electron chi connectivity index (χ1n) is 25.5. The molecule has 0 spiro atoms. The van der Waals surface area contributed by atoms with Crippen molar-refractivity contribution in [3.63, 3.8) is 0 Å². The number of hydrogen-bond donors (Lipinski definition) is 0. The van der Waals surface area contributed by atoms with Crippen molar-refractivity contribution in [3.05, 3.63) is 301 Å². The van der Waals surface area contributed by atoms with E-state index in [-0.39, 0.29) is 0 Å². The molecular weight excluding hydrogens is 883 g/mol. The standard InChI is InChI=1S/C71H49NO/c1-4-18-49(19-5-1)60-42-38-53(45-64(60)50-20-6-2-7-21-50)48-36-40-57(41-37-48)72(58-28-14-24-52(44-58)54-39-43-68-65(46-54)63-32-15-22-51-23-16-35-69(73-68)70(51)63)59-29-17-27-56(47-59)71(55-25-8-3-9-26-55)66-33-12-10-30-61(66)62-31-11-13-34-67(62)71/h1-16,18-28,30-47H,17,29H2. The number of hydrogen-bond acceptors (Lipinski definition) is 2. The Morgan fingerprint density at radius 1 is 0.356 bits per heavy atom. The highest BCUT2D eigenvalue weighted by atomic mass is 16.5. The summed E-state index contributed by atoms with van der Waals surface area (Å²) in [5.74, 6) is 1.79. The van der Waals surface area contributed by atoms with E-state index in [0.29, 0.717) is 0 Å². The van der Waals surface area contributed by atoms with Gasteiger partial charge in [0.1, 0.15) is 11.5 Å². The van der Waals surface area contributed by atoms with Crippen molar-refractivity contribution >= 4 is 22.1 Å². The number of allylic oxidation sites excluding steroid dienone is 4. The van der Waals surface area contributed by atoms with Crippen LogP contribution < -0.4 is 9.64 Å².